The van der Waals surface area contributed by atoms with Gasteiger partial charge >= 0.3 is 12.0 Å². The molecule has 100 valence electrons. The number of imide groups is 1. The monoisotopic (exact) mass is 254 g/mol. The van der Waals surface area contributed by atoms with Gasteiger partial charge in [0.15, 0.2) is 0 Å². The molecule has 2 fully saturated rings. The Morgan fingerprint density at radius 2 is 1.72 bits per heavy atom. The first-order chi connectivity index (χ1) is 8.55. The minimum atomic E-state index is -1.17. The highest BCUT2D eigenvalue weighted by molar-refractivity contribution is 6.08. The SMILES string of the molecule is O=C(O)CN1C(=O)NC2(CCCCCCC2)C1=O. The number of nitrogens with one attached hydrogen (secondary N) is 1. The molecule has 1 saturated heterocycles. The number of carbonyl (C=O) groups is 3. The van der Waals surface area contributed by atoms with Crippen LogP contribution >= 0.6 is 0 Å². The van der Waals surface area contributed by atoms with E-state index >= 15 is 0 Å². The lowest BCUT2D eigenvalue weighted by Crippen LogP contribution is -2.47. The number of aliphatic carboxylic acids is 1. The number of nitrogens with zero attached hydrogens (tertiary/aromatic N) is 1. The van der Waals surface area contributed by atoms with Crippen LogP contribution in [0.15, 0.2) is 0 Å². The molecule has 1 heterocycles. The summed E-state index contributed by atoms with van der Waals surface area (Å²) < 4.78 is 0. The van der Waals surface area contributed by atoms with Crippen LogP contribution in [0.4, 0.5) is 4.79 Å². The van der Waals surface area contributed by atoms with Gasteiger partial charge in [-0.25, -0.2) is 4.79 Å². The van der Waals surface area contributed by atoms with Crippen LogP contribution in [-0.2, 0) is 9.59 Å². The first-order valence-electron chi connectivity index (χ1n) is 6.41. The summed E-state index contributed by atoms with van der Waals surface area (Å²) >= 11 is 0. The van der Waals surface area contributed by atoms with Gasteiger partial charge in [0.25, 0.3) is 5.91 Å². The molecule has 1 aliphatic carbocycles. The quantitative estimate of drug-likeness (QED) is 0.722. The third-order valence-electron chi connectivity index (χ3n) is 3.75. The van der Waals surface area contributed by atoms with Crippen molar-refractivity contribution in [1.82, 2.24) is 10.2 Å². The van der Waals surface area contributed by atoms with Gasteiger partial charge in [-0.05, 0) is 12.8 Å². The predicted molar refractivity (Wildman–Crippen MR) is 62.9 cm³/mol. The van der Waals surface area contributed by atoms with E-state index in [4.69, 9.17) is 5.11 Å². The molecule has 2 N–H and O–H groups in total. The van der Waals surface area contributed by atoms with Gasteiger partial charge in [-0.3, -0.25) is 14.5 Å². The fraction of sp³-hybridized carbons (Fsp3) is 0.750. The number of carboxylic acid groups (broad SMARTS) is 1. The van der Waals surface area contributed by atoms with Crippen molar-refractivity contribution in [3.8, 4) is 0 Å². The lowest BCUT2D eigenvalue weighted by molar-refractivity contribution is -0.143. The average Bonchev–Trinajstić information content (AvgIpc) is 2.49. The van der Waals surface area contributed by atoms with Crippen molar-refractivity contribution in [3.05, 3.63) is 0 Å². The van der Waals surface area contributed by atoms with Crippen LogP contribution in [0.5, 0.6) is 0 Å². The van der Waals surface area contributed by atoms with E-state index in [-0.39, 0.29) is 5.91 Å². The zero-order valence-electron chi connectivity index (χ0n) is 10.3. The fourth-order valence-corrected chi connectivity index (χ4v) is 2.80. The van der Waals surface area contributed by atoms with Crippen molar-refractivity contribution in [2.45, 2.75) is 50.5 Å². The van der Waals surface area contributed by atoms with Gasteiger partial charge < -0.3 is 10.4 Å². The summed E-state index contributed by atoms with van der Waals surface area (Å²) in [4.78, 5) is 35.5. The molecule has 1 spiro atoms. The average molecular weight is 254 g/mol. The Bertz CT molecular complexity index is 372. The number of carbonyl (C=O) groups excluding carboxylic acids is 2. The predicted octanol–water partition coefficient (Wildman–Crippen LogP) is 1.11. The number of carboxylic acids is 1. The molecule has 3 amide bonds. The maximum atomic E-state index is 12.3. The molecule has 1 aliphatic heterocycles. The van der Waals surface area contributed by atoms with E-state index in [0.717, 1.165) is 37.0 Å². The highest BCUT2D eigenvalue weighted by Crippen LogP contribution is 2.31. The third-order valence-corrected chi connectivity index (χ3v) is 3.75. The van der Waals surface area contributed by atoms with Gasteiger partial charge in [-0.15, -0.1) is 0 Å². The highest BCUT2D eigenvalue weighted by Gasteiger charge is 2.50. The van der Waals surface area contributed by atoms with Crippen molar-refractivity contribution in [2.75, 3.05) is 6.54 Å². The molecule has 0 atom stereocenters. The molecule has 2 aliphatic rings. The van der Waals surface area contributed by atoms with E-state index in [1.807, 2.05) is 0 Å². The van der Waals surface area contributed by atoms with Gasteiger partial charge in [0, 0.05) is 0 Å². The number of amides is 3. The first-order valence-corrected chi connectivity index (χ1v) is 6.41. The maximum absolute atomic E-state index is 12.3. The molecule has 18 heavy (non-hydrogen) atoms. The van der Waals surface area contributed by atoms with E-state index in [2.05, 4.69) is 5.32 Å². The first kappa shape index (κ1) is 12.9. The molecular weight excluding hydrogens is 236 g/mol. The fourth-order valence-electron chi connectivity index (χ4n) is 2.80. The van der Waals surface area contributed by atoms with Crippen molar-refractivity contribution >= 4 is 17.9 Å². The molecule has 0 unspecified atom stereocenters. The van der Waals surface area contributed by atoms with Gasteiger partial charge in [0.05, 0.1) is 0 Å². The summed E-state index contributed by atoms with van der Waals surface area (Å²) in [6.45, 7) is -0.549. The van der Waals surface area contributed by atoms with E-state index in [0.29, 0.717) is 12.8 Å². The standard InChI is InChI=1S/C12H18N2O4/c15-9(16)8-14-10(17)12(13-11(14)18)6-4-2-1-3-5-7-12/h1-8H2,(H,13,18)(H,15,16). The van der Waals surface area contributed by atoms with E-state index in [9.17, 15) is 14.4 Å². The van der Waals surface area contributed by atoms with Gasteiger partial charge in [0.2, 0.25) is 0 Å². The van der Waals surface area contributed by atoms with E-state index in [1.54, 1.807) is 0 Å². The van der Waals surface area contributed by atoms with Gasteiger partial charge in [-0.2, -0.15) is 0 Å². The number of hydrogen-bond donors (Lipinski definition) is 2. The number of hydrogen-bond acceptors (Lipinski definition) is 3. The summed E-state index contributed by atoms with van der Waals surface area (Å²) in [7, 11) is 0. The molecule has 6 nitrogen and oxygen atoms in total. The molecule has 2 rings (SSSR count). The van der Waals surface area contributed by atoms with Crippen LogP contribution in [0.1, 0.15) is 44.9 Å². The highest BCUT2D eigenvalue weighted by atomic mass is 16.4. The lowest BCUT2D eigenvalue weighted by Gasteiger charge is -2.28. The number of urea groups is 1. The van der Waals surface area contributed by atoms with Crippen molar-refractivity contribution < 1.29 is 19.5 Å². The zero-order valence-corrected chi connectivity index (χ0v) is 10.3. The Kier molecular flexibility index (Phi) is 3.54. The molecule has 6 heteroatoms. The van der Waals surface area contributed by atoms with Crippen LogP contribution in [0.3, 0.4) is 0 Å². The topological polar surface area (TPSA) is 86.7 Å². The van der Waals surface area contributed by atoms with Crippen LogP contribution < -0.4 is 5.32 Å². The molecule has 1 saturated carbocycles. The molecule has 0 bridgehead atoms. The summed E-state index contributed by atoms with van der Waals surface area (Å²) in [5, 5.41) is 11.4. The smallest absolute Gasteiger partial charge is 0.325 e. The second-order valence-electron chi connectivity index (χ2n) is 5.07. The molecular formula is C12H18N2O4. The lowest BCUT2D eigenvalue weighted by atomic mass is 9.84. The van der Waals surface area contributed by atoms with Gasteiger partial charge in [0.1, 0.15) is 12.1 Å². The Morgan fingerprint density at radius 3 is 2.28 bits per heavy atom. The Hall–Kier alpha value is -1.59. The van der Waals surface area contributed by atoms with Crippen molar-refractivity contribution in [2.24, 2.45) is 0 Å². The summed E-state index contributed by atoms with van der Waals surface area (Å²) in [5.41, 5.74) is -0.840. The summed E-state index contributed by atoms with van der Waals surface area (Å²) in [6, 6.07) is -0.567. The van der Waals surface area contributed by atoms with Crippen LogP contribution in [0.2, 0.25) is 0 Å². The summed E-state index contributed by atoms with van der Waals surface area (Å²) in [5.74, 6) is -1.53. The van der Waals surface area contributed by atoms with Crippen LogP contribution in [0.25, 0.3) is 0 Å². The van der Waals surface area contributed by atoms with E-state index in [1.165, 1.54) is 0 Å². The normalized spacial score (nSPS) is 23.7. The Labute approximate surface area is 105 Å². The van der Waals surface area contributed by atoms with Crippen molar-refractivity contribution in [3.63, 3.8) is 0 Å². The summed E-state index contributed by atoms with van der Waals surface area (Å²) in [6.07, 6.45) is 6.31. The second-order valence-corrected chi connectivity index (χ2v) is 5.07. The minimum Gasteiger partial charge on any atom is -0.480 e. The van der Waals surface area contributed by atoms with Crippen LogP contribution in [-0.4, -0.2) is 40.0 Å². The van der Waals surface area contributed by atoms with Gasteiger partial charge in [-0.1, -0.05) is 32.1 Å². The maximum Gasteiger partial charge on any atom is 0.325 e. The Morgan fingerprint density at radius 1 is 1.17 bits per heavy atom. The van der Waals surface area contributed by atoms with Crippen molar-refractivity contribution in [1.29, 1.82) is 0 Å². The largest absolute Gasteiger partial charge is 0.480 e. The van der Waals surface area contributed by atoms with E-state index < -0.39 is 24.1 Å². The minimum absolute atomic E-state index is 0.364. The van der Waals surface area contributed by atoms with Crippen LogP contribution in [0, 0.1) is 0 Å². The second kappa shape index (κ2) is 4.96. The molecule has 0 radical (unpaired) electrons. The molecule has 0 aromatic heterocycles. The Balaban J connectivity index is 2.15. The zero-order chi connectivity index (χ0) is 13.2. The third kappa shape index (κ3) is 2.32. The molecule has 0 aromatic carbocycles. The molecule has 0 aromatic rings. The number of rotatable bonds is 2.